The van der Waals surface area contributed by atoms with E-state index >= 15 is 0 Å². The molecule has 0 unspecified atom stereocenters. The molecule has 3 N–H and O–H groups in total. The van der Waals surface area contributed by atoms with E-state index in [0.29, 0.717) is 13.2 Å². The second-order valence-corrected chi connectivity index (χ2v) is 2.93. The zero-order valence-corrected chi connectivity index (χ0v) is 6.64. The number of rotatable bonds is 2. The Kier molecular flexibility index (Phi) is 2.07. The second-order valence-electron chi connectivity index (χ2n) is 2.17. The van der Waals surface area contributed by atoms with E-state index in [1.807, 2.05) is 0 Å². The fourth-order valence-corrected chi connectivity index (χ4v) is 1.36. The number of hydrogen-bond donors (Lipinski definition) is 2. The summed E-state index contributed by atoms with van der Waals surface area (Å²) in [5, 5.41) is 0. The molecule has 0 aromatic rings. The third kappa shape index (κ3) is 1.31. The molecule has 0 amide bonds. The summed E-state index contributed by atoms with van der Waals surface area (Å²) in [7, 11) is 0. The van der Waals surface area contributed by atoms with Crippen LogP contribution in [0.25, 0.3) is 0 Å². The van der Waals surface area contributed by atoms with Gasteiger partial charge in [0.25, 0.3) is 0 Å². The topological polar surface area (TPSA) is 47.3 Å². The van der Waals surface area contributed by atoms with Crippen LogP contribution in [0, 0.1) is 0 Å². The van der Waals surface area contributed by atoms with Crippen molar-refractivity contribution < 1.29 is 4.74 Å². The molecule has 1 rings (SSSR count). The average Bonchev–Trinajstić information content (AvgIpc) is 1.64. The Morgan fingerprint density at radius 2 is 2.38 bits per heavy atom. The second kappa shape index (κ2) is 2.47. The Hall–Kier alpha value is 0.610. The predicted molar refractivity (Wildman–Crippen MR) is 39.8 cm³/mol. The van der Waals surface area contributed by atoms with Crippen LogP contribution in [0.3, 0.4) is 0 Å². The lowest BCUT2D eigenvalue weighted by Gasteiger charge is -2.37. The molecule has 0 saturated carbocycles. The summed E-state index contributed by atoms with van der Waals surface area (Å²) < 4.78 is 7.90. The molecule has 1 fully saturated rings. The summed E-state index contributed by atoms with van der Waals surface area (Å²) in [6.07, 6.45) is 0. The third-order valence-corrected chi connectivity index (χ3v) is 1.58. The SMILES string of the molecule is NC1(CNI)COC1. The lowest BCUT2D eigenvalue weighted by atomic mass is 10.0. The van der Waals surface area contributed by atoms with Crippen molar-refractivity contribution in [3.05, 3.63) is 0 Å². The van der Waals surface area contributed by atoms with Gasteiger partial charge < -0.3 is 10.5 Å². The quantitative estimate of drug-likeness (QED) is 0.501. The standard InChI is InChI=1S/C4H9IN2O/c5-7-1-4(6)2-8-3-4/h7H,1-3,6H2. The van der Waals surface area contributed by atoms with Gasteiger partial charge in [-0.2, -0.15) is 0 Å². The minimum absolute atomic E-state index is 0.0683. The first kappa shape index (κ1) is 6.73. The highest BCUT2D eigenvalue weighted by Gasteiger charge is 2.33. The Morgan fingerprint density at radius 1 is 1.75 bits per heavy atom. The Balaban J connectivity index is 2.20. The van der Waals surface area contributed by atoms with Crippen LogP contribution in [0.5, 0.6) is 0 Å². The van der Waals surface area contributed by atoms with Crippen molar-refractivity contribution in [2.75, 3.05) is 19.8 Å². The Bertz CT molecular complexity index is 84.1. The van der Waals surface area contributed by atoms with E-state index < -0.39 is 0 Å². The van der Waals surface area contributed by atoms with Crippen LogP contribution in [0.4, 0.5) is 0 Å². The van der Waals surface area contributed by atoms with Crippen molar-refractivity contribution in [3.63, 3.8) is 0 Å². The molecule has 3 nitrogen and oxygen atoms in total. The van der Waals surface area contributed by atoms with Gasteiger partial charge in [0.15, 0.2) is 0 Å². The maximum absolute atomic E-state index is 5.72. The number of hydrogen-bond acceptors (Lipinski definition) is 3. The molecule has 0 aromatic heterocycles. The fraction of sp³-hybridized carbons (Fsp3) is 1.00. The zero-order chi connectivity index (χ0) is 6.04. The molecule has 0 aliphatic carbocycles. The van der Waals surface area contributed by atoms with Crippen LogP contribution in [-0.2, 0) is 4.74 Å². The first-order chi connectivity index (χ1) is 3.77. The maximum atomic E-state index is 5.72. The molecule has 0 atom stereocenters. The van der Waals surface area contributed by atoms with E-state index in [9.17, 15) is 0 Å². The molecule has 0 radical (unpaired) electrons. The fourth-order valence-electron chi connectivity index (χ4n) is 0.599. The lowest BCUT2D eigenvalue weighted by molar-refractivity contribution is -0.0491. The van der Waals surface area contributed by atoms with Crippen molar-refractivity contribution in [3.8, 4) is 0 Å². The smallest absolute Gasteiger partial charge is 0.0762 e. The summed E-state index contributed by atoms with van der Waals surface area (Å²) >= 11 is 2.08. The summed E-state index contributed by atoms with van der Waals surface area (Å²) in [4.78, 5) is 0. The van der Waals surface area contributed by atoms with Crippen LogP contribution in [0.1, 0.15) is 0 Å². The highest BCUT2D eigenvalue weighted by atomic mass is 127. The van der Waals surface area contributed by atoms with Crippen LogP contribution < -0.4 is 9.26 Å². The van der Waals surface area contributed by atoms with Gasteiger partial charge in [0.2, 0.25) is 0 Å². The average molecular weight is 228 g/mol. The minimum Gasteiger partial charge on any atom is -0.377 e. The molecular formula is C4H9IN2O. The largest absolute Gasteiger partial charge is 0.377 e. The molecule has 0 bridgehead atoms. The van der Waals surface area contributed by atoms with E-state index in [2.05, 4.69) is 26.4 Å². The molecule has 8 heavy (non-hydrogen) atoms. The van der Waals surface area contributed by atoms with Crippen LogP contribution >= 0.6 is 22.9 Å². The molecule has 1 aliphatic heterocycles. The van der Waals surface area contributed by atoms with Gasteiger partial charge in [0.05, 0.1) is 18.8 Å². The van der Waals surface area contributed by atoms with Crippen LogP contribution in [0.15, 0.2) is 0 Å². The van der Waals surface area contributed by atoms with Crippen molar-refractivity contribution in [2.24, 2.45) is 5.73 Å². The Labute approximate surface area is 62.4 Å². The summed E-state index contributed by atoms with van der Waals surface area (Å²) in [5.74, 6) is 0. The highest BCUT2D eigenvalue weighted by molar-refractivity contribution is 14.1. The highest BCUT2D eigenvalue weighted by Crippen LogP contribution is 2.11. The molecule has 1 aliphatic rings. The first-order valence-electron chi connectivity index (χ1n) is 2.47. The van der Waals surface area contributed by atoms with Crippen molar-refractivity contribution >= 4 is 22.9 Å². The summed E-state index contributed by atoms with van der Waals surface area (Å²) in [6.45, 7) is 2.24. The molecule has 0 spiro atoms. The number of nitrogens with one attached hydrogen (secondary N) is 1. The van der Waals surface area contributed by atoms with Gasteiger partial charge in [0.1, 0.15) is 0 Å². The lowest BCUT2D eigenvalue weighted by Crippen LogP contribution is -2.61. The molecule has 4 heteroatoms. The van der Waals surface area contributed by atoms with Crippen molar-refractivity contribution in [1.82, 2.24) is 3.53 Å². The van der Waals surface area contributed by atoms with Gasteiger partial charge in [-0.3, -0.25) is 3.53 Å². The predicted octanol–water partition coefficient (Wildman–Crippen LogP) is -0.346. The van der Waals surface area contributed by atoms with E-state index in [1.54, 1.807) is 0 Å². The monoisotopic (exact) mass is 228 g/mol. The Morgan fingerprint density at radius 3 is 2.50 bits per heavy atom. The zero-order valence-electron chi connectivity index (χ0n) is 4.48. The van der Waals surface area contributed by atoms with Crippen LogP contribution in [0.2, 0.25) is 0 Å². The summed E-state index contributed by atoms with van der Waals surface area (Å²) in [5.41, 5.74) is 5.65. The van der Waals surface area contributed by atoms with Crippen molar-refractivity contribution in [2.45, 2.75) is 5.54 Å². The van der Waals surface area contributed by atoms with E-state index in [4.69, 9.17) is 10.5 Å². The maximum Gasteiger partial charge on any atom is 0.0762 e. The van der Waals surface area contributed by atoms with Gasteiger partial charge in [0, 0.05) is 29.4 Å². The molecule has 48 valence electrons. The molecule has 1 heterocycles. The minimum atomic E-state index is -0.0683. The molecule has 0 aromatic carbocycles. The van der Waals surface area contributed by atoms with Gasteiger partial charge >= 0.3 is 0 Å². The molecule has 1 saturated heterocycles. The van der Waals surface area contributed by atoms with Gasteiger partial charge in [-0.15, -0.1) is 0 Å². The normalized spacial score (nSPS) is 24.8. The van der Waals surface area contributed by atoms with Crippen molar-refractivity contribution in [1.29, 1.82) is 0 Å². The number of halogens is 1. The van der Waals surface area contributed by atoms with Gasteiger partial charge in [-0.1, -0.05) is 0 Å². The number of ether oxygens (including phenoxy) is 1. The van der Waals surface area contributed by atoms with E-state index in [1.165, 1.54) is 0 Å². The summed E-state index contributed by atoms with van der Waals surface area (Å²) in [6, 6.07) is 0. The third-order valence-electron chi connectivity index (χ3n) is 1.20. The van der Waals surface area contributed by atoms with E-state index in [-0.39, 0.29) is 5.54 Å². The number of nitrogens with two attached hydrogens (primary N) is 1. The van der Waals surface area contributed by atoms with Gasteiger partial charge in [-0.05, 0) is 0 Å². The molecular weight excluding hydrogens is 219 g/mol. The first-order valence-corrected chi connectivity index (χ1v) is 3.55. The van der Waals surface area contributed by atoms with Gasteiger partial charge in [-0.25, -0.2) is 0 Å². The van der Waals surface area contributed by atoms with Crippen LogP contribution in [-0.4, -0.2) is 25.3 Å². The van der Waals surface area contributed by atoms with E-state index in [0.717, 1.165) is 6.54 Å².